The molecule has 0 heterocycles. The fourth-order valence-electron chi connectivity index (χ4n) is 0.302. The van der Waals surface area contributed by atoms with Gasteiger partial charge in [-0.25, -0.2) is 0 Å². The predicted molar refractivity (Wildman–Crippen MR) is 38.3 cm³/mol. The van der Waals surface area contributed by atoms with E-state index < -0.39 is 12.3 Å². The van der Waals surface area contributed by atoms with E-state index in [1.807, 2.05) is 0 Å². The Morgan fingerprint density at radius 1 is 1.64 bits per heavy atom. The van der Waals surface area contributed by atoms with Crippen LogP contribution in [-0.4, -0.2) is 23.9 Å². The molecule has 0 aromatic carbocycles. The summed E-state index contributed by atoms with van der Waals surface area (Å²) >= 11 is 4.32. The monoisotopic (exact) mass is 187 g/mol. The van der Waals surface area contributed by atoms with Crippen LogP contribution in [0.15, 0.2) is 0 Å². The second-order valence-electron chi connectivity index (χ2n) is 1.96. The molecular formula is C5H8F3NOS. The van der Waals surface area contributed by atoms with Gasteiger partial charge in [0.25, 0.3) is 0 Å². The highest BCUT2D eigenvalue weighted by atomic mass is 32.1. The van der Waals surface area contributed by atoms with E-state index in [0.717, 1.165) is 6.92 Å². The minimum atomic E-state index is -4.34. The number of nitrogens with two attached hydrogens (primary N) is 1. The minimum absolute atomic E-state index is 0.0823. The average Bonchev–Trinajstić information content (AvgIpc) is 1.80. The smallest absolute Gasteiger partial charge is 0.391 e. The SMILES string of the molecule is CC(OCC(N)=S)C(F)(F)F. The largest absolute Gasteiger partial charge is 0.414 e. The number of halogens is 3. The molecule has 0 aliphatic rings. The lowest BCUT2D eigenvalue weighted by Crippen LogP contribution is -2.31. The van der Waals surface area contributed by atoms with Gasteiger partial charge in [0.15, 0.2) is 6.10 Å². The lowest BCUT2D eigenvalue weighted by molar-refractivity contribution is -0.209. The van der Waals surface area contributed by atoms with Crippen LogP contribution in [0.1, 0.15) is 6.92 Å². The topological polar surface area (TPSA) is 35.2 Å². The van der Waals surface area contributed by atoms with Gasteiger partial charge in [0, 0.05) is 0 Å². The van der Waals surface area contributed by atoms with Crippen molar-refractivity contribution in [3.63, 3.8) is 0 Å². The highest BCUT2D eigenvalue weighted by Gasteiger charge is 2.36. The fourth-order valence-corrected chi connectivity index (χ4v) is 0.370. The normalized spacial score (nSPS) is 14.5. The summed E-state index contributed by atoms with van der Waals surface area (Å²) in [6.07, 6.45) is -6.16. The first kappa shape index (κ1) is 10.6. The average molecular weight is 187 g/mol. The van der Waals surface area contributed by atoms with Gasteiger partial charge in [0.05, 0.1) is 11.6 Å². The van der Waals surface area contributed by atoms with Crippen molar-refractivity contribution in [3.8, 4) is 0 Å². The van der Waals surface area contributed by atoms with Crippen LogP contribution in [0, 0.1) is 0 Å². The zero-order valence-electron chi connectivity index (χ0n) is 5.81. The molecule has 0 amide bonds. The number of thiocarbonyl (C=S) groups is 1. The van der Waals surface area contributed by atoms with E-state index in [4.69, 9.17) is 5.73 Å². The maximum Gasteiger partial charge on any atom is 0.414 e. The predicted octanol–water partition coefficient (Wildman–Crippen LogP) is 1.24. The van der Waals surface area contributed by atoms with Gasteiger partial charge in [-0.2, -0.15) is 13.2 Å². The summed E-state index contributed by atoms with van der Waals surface area (Å²) in [7, 11) is 0. The minimum Gasteiger partial charge on any atom is -0.391 e. The molecule has 2 N–H and O–H groups in total. The van der Waals surface area contributed by atoms with Crippen molar-refractivity contribution in [1.82, 2.24) is 0 Å². The number of hydrogen-bond acceptors (Lipinski definition) is 2. The standard InChI is InChI=1S/C5H8F3NOS/c1-3(5(6,7)8)10-2-4(9)11/h3H,2H2,1H3,(H2,9,11). The van der Waals surface area contributed by atoms with E-state index in [2.05, 4.69) is 17.0 Å². The van der Waals surface area contributed by atoms with Gasteiger partial charge in [-0.3, -0.25) is 0 Å². The Morgan fingerprint density at radius 3 is 2.36 bits per heavy atom. The molecule has 0 rings (SSSR count). The van der Waals surface area contributed by atoms with Crippen molar-refractivity contribution < 1.29 is 17.9 Å². The summed E-state index contributed by atoms with van der Waals surface area (Å²) in [6.45, 7) is 0.564. The molecular weight excluding hydrogens is 179 g/mol. The summed E-state index contributed by atoms with van der Waals surface area (Å²) in [5.74, 6) is 0. The molecule has 0 aliphatic heterocycles. The molecule has 6 heteroatoms. The fraction of sp³-hybridized carbons (Fsp3) is 0.800. The molecule has 0 saturated carbocycles. The first-order chi connectivity index (χ1) is 4.84. The van der Waals surface area contributed by atoms with Crippen LogP contribution in [0.3, 0.4) is 0 Å². The molecule has 0 saturated heterocycles. The zero-order chi connectivity index (χ0) is 9.07. The molecule has 66 valence electrons. The molecule has 0 aromatic heterocycles. The Balaban J connectivity index is 3.70. The molecule has 1 atom stereocenters. The van der Waals surface area contributed by atoms with Crippen molar-refractivity contribution in [3.05, 3.63) is 0 Å². The van der Waals surface area contributed by atoms with Crippen LogP contribution in [0.25, 0.3) is 0 Å². The second-order valence-corrected chi connectivity index (χ2v) is 2.49. The third kappa shape index (κ3) is 4.97. The van der Waals surface area contributed by atoms with Gasteiger partial charge >= 0.3 is 6.18 Å². The first-order valence-corrected chi connectivity index (χ1v) is 3.21. The molecule has 0 aromatic rings. The summed E-state index contributed by atoms with van der Waals surface area (Å²) < 4.78 is 39.3. The maximum atomic E-state index is 11.7. The van der Waals surface area contributed by atoms with E-state index in [9.17, 15) is 13.2 Å². The van der Waals surface area contributed by atoms with E-state index in [1.165, 1.54) is 0 Å². The number of alkyl halides is 3. The van der Waals surface area contributed by atoms with E-state index in [0.29, 0.717) is 0 Å². The lowest BCUT2D eigenvalue weighted by atomic mass is 10.4. The second kappa shape index (κ2) is 3.87. The molecule has 0 radical (unpaired) electrons. The number of rotatable bonds is 3. The Bertz CT molecular complexity index is 147. The Morgan fingerprint density at radius 2 is 2.09 bits per heavy atom. The lowest BCUT2D eigenvalue weighted by Gasteiger charge is -2.15. The van der Waals surface area contributed by atoms with E-state index in [-0.39, 0.29) is 11.6 Å². The van der Waals surface area contributed by atoms with Crippen LogP contribution in [0.4, 0.5) is 13.2 Å². The van der Waals surface area contributed by atoms with E-state index in [1.54, 1.807) is 0 Å². The van der Waals surface area contributed by atoms with Gasteiger partial charge in [-0.15, -0.1) is 0 Å². The molecule has 1 unspecified atom stereocenters. The van der Waals surface area contributed by atoms with Gasteiger partial charge in [0.2, 0.25) is 0 Å². The van der Waals surface area contributed by atoms with Gasteiger partial charge < -0.3 is 10.5 Å². The van der Waals surface area contributed by atoms with E-state index >= 15 is 0 Å². The Hall–Kier alpha value is -0.360. The van der Waals surface area contributed by atoms with Crippen molar-refractivity contribution in [2.45, 2.75) is 19.2 Å². The summed E-state index contributed by atoms with van der Waals surface area (Å²) in [5, 5.41) is 0. The zero-order valence-corrected chi connectivity index (χ0v) is 6.63. The highest BCUT2D eigenvalue weighted by molar-refractivity contribution is 7.80. The summed E-state index contributed by atoms with van der Waals surface area (Å²) in [4.78, 5) is -0.0823. The van der Waals surface area contributed by atoms with Crippen molar-refractivity contribution >= 4 is 17.2 Å². The van der Waals surface area contributed by atoms with Crippen LogP contribution >= 0.6 is 12.2 Å². The highest BCUT2D eigenvalue weighted by Crippen LogP contribution is 2.21. The molecule has 0 bridgehead atoms. The van der Waals surface area contributed by atoms with Crippen LogP contribution in [0.5, 0.6) is 0 Å². The van der Waals surface area contributed by atoms with Gasteiger partial charge in [-0.1, -0.05) is 12.2 Å². The molecule has 0 spiro atoms. The van der Waals surface area contributed by atoms with Gasteiger partial charge in [0.1, 0.15) is 0 Å². The molecule has 0 aliphatic carbocycles. The number of ether oxygens (including phenoxy) is 1. The third-order valence-corrected chi connectivity index (χ3v) is 1.05. The summed E-state index contributed by atoms with van der Waals surface area (Å²) in [6, 6.07) is 0. The van der Waals surface area contributed by atoms with Crippen molar-refractivity contribution in [1.29, 1.82) is 0 Å². The van der Waals surface area contributed by atoms with Crippen molar-refractivity contribution in [2.75, 3.05) is 6.61 Å². The number of hydrogen-bond donors (Lipinski definition) is 1. The molecule has 11 heavy (non-hydrogen) atoms. The van der Waals surface area contributed by atoms with Crippen LogP contribution in [0.2, 0.25) is 0 Å². The van der Waals surface area contributed by atoms with Crippen LogP contribution < -0.4 is 5.73 Å². The Kier molecular flexibility index (Phi) is 3.74. The maximum absolute atomic E-state index is 11.7. The first-order valence-electron chi connectivity index (χ1n) is 2.80. The van der Waals surface area contributed by atoms with Crippen LogP contribution in [-0.2, 0) is 4.74 Å². The van der Waals surface area contributed by atoms with Gasteiger partial charge in [-0.05, 0) is 6.92 Å². The van der Waals surface area contributed by atoms with Crippen molar-refractivity contribution in [2.24, 2.45) is 5.73 Å². The molecule has 0 fully saturated rings. The summed E-state index contributed by atoms with van der Waals surface area (Å²) in [5.41, 5.74) is 4.92. The Labute approximate surface area is 67.5 Å². The quantitative estimate of drug-likeness (QED) is 0.675. The molecule has 2 nitrogen and oxygen atoms in total. The third-order valence-electron chi connectivity index (χ3n) is 0.937.